The van der Waals surface area contributed by atoms with Crippen molar-refractivity contribution in [2.75, 3.05) is 18.0 Å². The predicted octanol–water partition coefficient (Wildman–Crippen LogP) is 3.76. The molecule has 4 bridgehead atoms. The maximum atomic E-state index is 13.4. The topological polar surface area (TPSA) is 65.5 Å². The van der Waals surface area contributed by atoms with E-state index in [0.717, 1.165) is 57.2 Å². The predicted molar refractivity (Wildman–Crippen MR) is 109 cm³/mol. The minimum Gasteiger partial charge on any atom is -0.390 e. The molecule has 170 valence electrons. The van der Waals surface area contributed by atoms with Crippen LogP contribution in [0.1, 0.15) is 57.4 Å². The Balaban J connectivity index is 1.25. The van der Waals surface area contributed by atoms with Gasteiger partial charge in [0, 0.05) is 25.3 Å². The summed E-state index contributed by atoms with van der Waals surface area (Å²) >= 11 is 0. The minimum absolute atomic E-state index is 0.0427. The monoisotopic (exact) mass is 437 g/mol. The van der Waals surface area contributed by atoms with E-state index in [-0.39, 0.29) is 29.2 Å². The van der Waals surface area contributed by atoms with E-state index < -0.39 is 17.3 Å². The van der Waals surface area contributed by atoms with Crippen LogP contribution in [0.2, 0.25) is 0 Å². The van der Waals surface area contributed by atoms with Crippen LogP contribution in [-0.4, -0.2) is 40.7 Å². The molecule has 0 aromatic carbocycles. The Hall–Kier alpha value is -1.83. The van der Waals surface area contributed by atoms with Gasteiger partial charge in [-0.2, -0.15) is 13.2 Å². The molecule has 1 aliphatic heterocycles. The van der Waals surface area contributed by atoms with Crippen molar-refractivity contribution < 1.29 is 23.1 Å². The lowest BCUT2D eigenvalue weighted by molar-refractivity contribution is -0.196. The largest absolute Gasteiger partial charge is 0.417 e. The Bertz CT molecular complexity index is 837. The van der Waals surface area contributed by atoms with Crippen molar-refractivity contribution in [3.8, 4) is 0 Å². The molecule has 31 heavy (non-hydrogen) atoms. The molecule has 1 amide bonds. The van der Waals surface area contributed by atoms with Crippen LogP contribution in [0.3, 0.4) is 0 Å². The second-order valence-corrected chi connectivity index (χ2v) is 10.5. The molecule has 5 nitrogen and oxygen atoms in total. The number of anilines is 1. The number of rotatable bonds is 3. The van der Waals surface area contributed by atoms with Gasteiger partial charge in [-0.1, -0.05) is 0 Å². The quantitative estimate of drug-likeness (QED) is 0.756. The molecule has 3 atom stereocenters. The summed E-state index contributed by atoms with van der Waals surface area (Å²) in [5.74, 6) is 1.54. The summed E-state index contributed by atoms with van der Waals surface area (Å²) < 4.78 is 38.4. The van der Waals surface area contributed by atoms with Gasteiger partial charge in [-0.05, 0) is 81.8 Å². The third kappa shape index (κ3) is 3.60. The summed E-state index contributed by atoms with van der Waals surface area (Å²) in [5, 5.41) is 14.2. The van der Waals surface area contributed by atoms with Gasteiger partial charge in [-0.3, -0.25) is 4.79 Å². The van der Waals surface area contributed by atoms with E-state index in [2.05, 4.69) is 10.3 Å². The van der Waals surface area contributed by atoms with Crippen molar-refractivity contribution in [1.29, 1.82) is 0 Å². The fourth-order valence-electron chi connectivity index (χ4n) is 6.86. The van der Waals surface area contributed by atoms with Crippen LogP contribution in [-0.2, 0) is 11.0 Å². The van der Waals surface area contributed by atoms with Gasteiger partial charge in [0.1, 0.15) is 5.82 Å². The highest BCUT2D eigenvalue weighted by Gasteiger charge is 2.62. The van der Waals surface area contributed by atoms with Crippen LogP contribution >= 0.6 is 0 Å². The third-order valence-corrected chi connectivity index (χ3v) is 8.48. The molecule has 1 aromatic rings. The smallest absolute Gasteiger partial charge is 0.390 e. The minimum atomic E-state index is -4.40. The number of carbonyl (C=O) groups is 1. The third-order valence-electron chi connectivity index (χ3n) is 8.48. The van der Waals surface area contributed by atoms with E-state index in [1.807, 2.05) is 11.8 Å². The first-order chi connectivity index (χ1) is 14.6. The number of nitrogens with one attached hydrogen (secondary N) is 1. The normalized spacial score (nSPS) is 39.6. The first kappa shape index (κ1) is 21.0. The summed E-state index contributed by atoms with van der Waals surface area (Å²) in [4.78, 5) is 19.4. The van der Waals surface area contributed by atoms with Gasteiger partial charge < -0.3 is 15.3 Å². The summed E-state index contributed by atoms with van der Waals surface area (Å²) in [6, 6.07) is 2.43. The number of halogens is 3. The summed E-state index contributed by atoms with van der Waals surface area (Å²) in [6.45, 7) is 3.21. The maximum absolute atomic E-state index is 13.4. The highest BCUT2D eigenvalue weighted by molar-refractivity contribution is 5.83. The number of hydrogen-bond acceptors (Lipinski definition) is 4. The number of hydrogen-bond donors (Lipinski definition) is 2. The number of carbonyl (C=O) groups excluding carboxylic acids is 1. The Labute approximate surface area is 180 Å². The molecule has 0 spiro atoms. The second kappa shape index (κ2) is 7.09. The van der Waals surface area contributed by atoms with Crippen LogP contribution < -0.4 is 10.2 Å². The molecule has 2 heterocycles. The molecule has 1 aromatic heterocycles. The molecule has 6 rings (SSSR count). The number of nitrogens with zero attached hydrogens (tertiary/aromatic N) is 2. The molecular formula is C23H30F3N3O2. The van der Waals surface area contributed by atoms with Gasteiger partial charge in [0.05, 0.1) is 16.6 Å². The Morgan fingerprint density at radius 3 is 2.55 bits per heavy atom. The van der Waals surface area contributed by atoms with Crippen LogP contribution in [0.5, 0.6) is 0 Å². The first-order valence-corrected chi connectivity index (χ1v) is 11.4. The average molecular weight is 438 g/mol. The van der Waals surface area contributed by atoms with E-state index in [9.17, 15) is 23.1 Å². The summed E-state index contributed by atoms with van der Waals surface area (Å²) in [5.41, 5.74) is -1.78. The van der Waals surface area contributed by atoms with Crippen molar-refractivity contribution >= 4 is 11.7 Å². The van der Waals surface area contributed by atoms with Crippen LogP contribution in [0, 0.1) is 23.2 Å². The van der Waals surface area contributed by atoms with Crippen LogP contribution in [0.15, 0.2) is 18.3 Å². The lowest BCUT2D eigenvalue weighted by atomic mass is 9.44. The van der Waals surface area contributed by atoms with Gasteiger partial charge in [0.25, 0.3) is 0 Å². The van der Waals surface area contributed by atoms with E-state index in [4.69, 9.17) is 0 Å². The van der Waals surface area contributed by atoms with Gasteiger partial charge in [-0.25, -0.2) is 4.98 Å². The zero-order valence-electron chi connectivity index (χ0n) is 17.8. The zero-order valence-corrected chi connectivity index (χ0v) is 17.8. The Morgan fingerprint density at radius 1 is 1.23 bits per heavy atom. The lowest BCUT2D eigenvalue weighted by Gasteiger charge is -2.62. The van der Waals surface area contributed by atoms with Gasteiger partial charge in [0.2, 0.25) is 5.91 Å². The van der Waals surface area contributed by atoms with Gasteiger partial charge >= 0.3 is 6.18 Å². The lowest BCUT2D eigenvalue weighted by Crippen LogP contribution is -2.64. The van der Waals surface area contributed by atoms with Crippen LogP contribution in [0.25, 0.3) is 0 Å². The van der Waals surface area contributed by atoms with Crippen molar-refractivity contribution in [1.82, 2.24) is 10.3 Å². The van der Waals surface area contributed by atoms with Crippen LogP contribution in [0.4, 0.5) is 19.0 Å². The van der Waals surface area contributed by atoms with E-state index in [1.165, 1.54) is 6.07 Å². The Kier molecular flexibility index (Phi) is 4.81. The summed E-state index contributed by atoms with van der Waals surface area (Å²) in [7, 11) is 0. The number of aromatic nitrogens is 1. The number of pyridine rings is 1. The number of aliphatic hydroxyl groups is 1. The van der Waals surface area contributed by atoms with Gasteiger partial charge in [-0.15, -0.1) is 0 Å². The maximum Gasteiger partial charge on any atom is 0.417 e. The molecule has 5 aliphatic rings. The Morgan fingerprint density at radius 2 is 1.94 bits per heavy atom. The SMILES string of the molecule is CC1(O)C2CC3CC1CC(C(=O)N[C@H]1CCCN(c4ccc(C(F)(F)F)cn4)C1)(C3)C2. The average Bonchev–Trinajstić information content (AvgIpc) is 2.71. The van der Waals surface area contributed by atoms with Gasteiger partial charge in [0.15, 0.2) is 0 Å². The number of amides is 1. The standard InChI is InChI=1S/C23H30F3N3O2/c1-21(31)16-7-14-8-17(21)11-22(9-14,10-16)20(30)28-18-3-2-6-29(13-18)19-5-4-15(12-27-19)23(24,25)26/h4-5,12,14,16-18,31H,2-3,6-11,13H2,1H3,(H,28,30)/t14?,16?,17?,18-,21?,22?/m0/s1. The highest BCUT2D eigenvalue weighted by atomic mass is 19.4. The molecule has 2 unspecified atom stereocenters. The number of alkyl halides is 3. The highest BCUT2D eigenvalue weighted by Crippen LogP contribution is 2.63. The van der Waals surface area contributed by atoms with Crippen molar-refractivity contribution in [2.24, 2.45) is 23.2 Å². The van der Waals surface area contributed by atoms with E-state index in [1.54, 1.807) is 0 Å². The first-order valence-electron chi connectivity index (χ1n) is 11.4. The molecule has 4 aliphatic carbocycles. The molecule has 1 saturated heterocycles. The van der Waals surface area contributed by atoms with Crippen molar-refractivity contribution in [2.45, 2.75) is 69.7 Å². The van der Waals surface area contributed by atoms with Crippen molar-refractivity contribution in [3.05, 3.63) is 23.9 Å². The molecule has 8 heteroatoms. The number of piperidine rings is 1. The fourth-order valence-corrected chi connectivity index (χ4v) is 6.86. The molecule has 0 radical (unpaired) electrons. The molecule has 5 fully saturated rings. The fraction of sp³-hybridized carbons (Fsp3) is 0.739. The van der Waals surface area contributed by atoms with E-state index >= 15 is 0 Å². The molecule has 2 N–H and O–H groups in total. The van der Waals surface area contributed by atoms with E-state index in [0.29, 0.717) is 24.8 Å². The molecule has 4 saturated carbocycles. The zero-order chi connectivity index (χ0) is 22.0. The molecular weight excluding hydrogens is 407 g/mol. The van der Waals surface area contributed by atoms with Crippen molar-refractivity contribution in [3.63, 3.8) is 0 Å². The summed E-state index contributed by atoms with van der Waals surface area (Å²) in [6.07, 6.45) is 2.66. The second-order valence-electron chi connectivity index (χ2n) is 10.5.